The van der Waals surface area contributed by atoms with Crippen LogP contribution in [0.3, 0.4) is 0 Å². The van der Waals surface area contributed by atoms with Crippen LogP contribution in [-0.2, 0) is 20.3 Å². The monoisotopic (exact) mass is 412 g/mol. The van der Waals surface area contributed by atoms with Crippen molar-refractivity contribution in [3.8, 4) is 22.9 Å². The van der Waals surface area contributed by atoms with Gasteiger partial charge in [-0.05, 0) is 61.9 Å². The van der Waals surface area contributed by atoms with E-state index in [1.165, 1.54) is 11.1 Å². The molecule has 0 saturated heterocycles. The minimum absolute atomic E-state index is 0.590. The second-order valence-corrected chi connectivity index (χ2v) is 7.63. The summed E-state index contributed by atoms with van der Waals surface area (Å²) >= 11 is 5.64. The van der Waals surface area contributed by atoms with Crippen LogP contribution in [0.4, 0.5) is 0 Å². The van der Waals surface area contributed by atoms with Gasteiger partial charge in [-0.2, -0.15) is 5.10 Å². The van der Waals surface area contributed by atoms with Gasteiger partial charge >= 0.3 is 0 Å². The molecule has 0 radical (unpaired) electrons. The van der Waals surface area contributed by atoms with Crippen molar-refractivity contribution in [2.75, 3.05) is 21.3 Å². The first kappa shape index (κ1) is 21.1. The van der Waals surface area contributed by atoms with Crippen molar-refractivity contribution in [1.29, 1.82) is 0 Å². The van der Waals surface area contributed by atoms with Crippen LogP contribution in [0.25, 0.3) is 11.4 Å². The summed E-state index contributed by atoms with van der Waals surface area (Å²) in [6.45, 7) is 5.49. The molecule has 7 heteroatoms. The van der Waals surface area contributed by atoms with Crippen molar-refractivity contribution in [2.45, 2.75) is 27.1 Å². The molecule has 0 spiro atoms. The van der Waals surface area contributed by atoms with Crippen molar-refractivity contribution in [1.82, 2.24) is 19.2 Å². The first-order valence-corrected chi connectivity index (χ1v) is 9.86. The molecule has 29 heavy (non-hydrogen) atoms. The van der Waals surface area contributed by atoms with Crippen LogP contribution in [0.2, 0.25) is 0 Å². The number of rotatable bonds is 7. The third kappa shape index (κ3) is 4.36. The summed E-state index contributed by atoms with van der Waals surface area (Å²) in [6, 6.07) is 12.3. The van der Waals surface area contributed by atoms with Crippen LogP contribution >= 0.6 is 12.2 Å². The van der Waals surface area contributed by atoms with E-state index in [9.17, 15) is 0 Å². The predicted molar refractivity (Wildman–Crippen MR) is 118 cm³/mol. The molecule has 2 aromatic carbocycles. The molecule has 154 valence electrons. The Labute approximate surface area is 177 Å². The molecule has 0 amide bonds. The van der Waals surface area contributed by atoms with E-state index in [1.54, 1.807) is 14.2 Å². The Kier molecular flexibility index (Phi) is 6.39. The summed E-state index contributed by atoms with van der Waals surface area (Å²) in [6.07, 6.45) is 0. The lowest BCUT2D eigenvalue weighted by atomic mass is 10.1. The van der Waals surface area contributed by atoms with E-state index in [4.69, 9.17) is 26.8 Å². The number of methoxy groups -OCH3 is 2. The maximum atomic E-state index is 5.64. The number of ether oxygens (including phenoxy) is 2. The Morgan fingerprint density at radius 3 is 2.34 bits per heavy atom. The first-order chi connectivity index (χ1) is 13.8. The van der Waals surface area contributed by atoms with E-state index < -0.39 is 0 Å². The standard InChI is InChI=1S/C22H28N4O2S/c1-15-9-7-8-10-18(15)21-23-26(22(29)25(21)4)14-24(3)13-17-12-20(28-6)19(27-5)11-16(17)2/h7-12H,13-14H2,1-6H3. The van der Waals surface area contributed by atoms with E-state index >= 15 is 0 Å². The molecule has 6 nitrogen and oxygen atoms in total. The Hall–Kier alpha value is -2.64. The third-order valence-corrected chi connectivity index (χ3v) is 5.57. The Morgan fingerprint density at radius 1 is 1.03 bits per heavy atom. The summed E-state index contributed by atoms with van der Waals surface area (Å²) in [5.74, 6) is 2.35. The second-order valence-electron chi connectivity index (χ2n) is 7.27. The van der Waals surface area contributed by atoms with Crippen molar-refractivity contribution in [2.24, 2.45) is 7.05 Å². The number of benzene rings is 2. The van der Waals surface area contributed by atoms with Crippen LogP contribution in [0, 0.1) is 18.6 Å². The zero-order valence-electron chi connectivity index (χ0n) is 17.9. The summed E-state index contributed by atoms with van der Waals surface area (Å²) < 4.78 is 15.4. The minimum atomic E-state index is 0.590. The lowest BCUT2D eigenvalue weighted by molar-refractivity contribution is 0.243. The maximum Gasteiger partial charge on any atom is 0.199 e. The highest BCUT2D eigenvalue weighted by atomic mass is 32.1. The van der Waals surface area contributed by atoms with Gasteiger partial charge in [0.05, 0.1) is 20.9 Å². The topological polar surface area (TPSA) is 44.5 Å². The van der Waals surface area contributed by atoms with Crippen LogP contribution in [0.5, 0.6) is 11.5 Å². The van der Waals surface area contributed by atoms with Crippen molar-refractivity contribution < 1.29 is 9.47 Å². The SMILES string of the molecule is COc1cc(C)c(CN(C)Cn2nc(-c3ccccc3C)n(C)c2=S)cc1OC. The molecule has 3 rings (SSSR count). The van der Waals surface area contributed by atoms with Gasteiger partial charge in [-0.1, -0.05) is 24.3 Å². The van der Waals surface area contributed by atoms with Crippen LogP contribution in [0.15, 0.2) is 36.4 Å². The van der Waals surface area contributed by atoms with Crippen molar-refractivity contribution in [3.05, 3.63) is 57.9 Å². The highest BCUT2D eigenvalue weighted by Gasteiger charge is 2.14. The van der Waals surface area contributed by atoms with Gasteiger partial charge in [-0.3, -0.25) is 4.90 Å². The molecule has 1 heterocycles. The summed E-state index contributed by atoms with van der Waals surface area (Å²) in [4.78, 5) is 2.18. The Morgan fingerprint density at radius 2 is 1.69 bits per heavy atom. The van der Waals surface area contributed by atoms with E-state index in [-0.39, 0.29) is 0 Å². The highest BCUT2D eigenvalue weighted by Crippen LogP contribution is 2.30. The smallest absolute Gasteiger partial charge is 0.199 e. The number of aromatic nitrogens is 3. The number of hydrogen-bond donors (Lipinski definition) is 0. The zero-order chi connectivity index (χ0) is 21.1. The van der Waals surface area contributed by atoms with E-state index in [0.29, 0.717) is 11.4 Å². The fourth-order valence-electron chi connectivity index (χ4n) is 3.40. The van der Waals surface area contributed by atoms with Crippen LogP contribution < -0.4 is 9.47 Å². The zero-order valence-corrected chi connectivity index (χ0v) is 18.7. The lowest BCUT2D eigenvalue weighted by Gasteiger charge is -2.19. The average Bonchev–Trinajstić information content (AvgIpc) is 2.97. The van der Waals surface area contributed by atoms with Gasteiger partial charge in [0.25, 0.3) is 0 Å². The third-order valence-electron chi connectivity index (χ3n) is 5.08. The van der Waals surface area contributed by atoms with Gasteiger partial charge in [0.2, 0.25) is 0 Å². The molecule has 0 bridgehead atoms. The van der Waals surface area contributed by atoms with E-state index in [0.717, 1.165) is 35.0 Å². The van der Waals surface area contributed by atoms with E-state index in [1.807, 2.05) is 40.6 Å². The van der Waals surface area contributed by atoms with E-state index in [2.05, 4.69) is 37.9 Å². The molecule has 1 aromatic heterocycles. The maximum absolute atomic E-state index is 5.64. The summed E-state index contributed by atoms with van der Waals surface area (Å²) in [5.41, 5.74) is 4.60. The average molecular weight is 413 g/mol. The van der Waals surface area contributed by atoms with Crippen molar-refractivity contribution in [3.63, 3.8) is 0 Å². The molecule has 0 aliphatic rings. The molecule has 0 atom stereocenters. The Balaban J connectivity index is 1.84. The highest BCUT2D eigenvalue weighted by molar-refractivity contribution is 7.71. The lowest BCUT2D eigenvalue weighted by Crippen LogP contribution is -2.23. The number of aryl methyl sites for hydroxylation is 2. The van der Waals surface area contributed by atoms with Gasteiger partial charge in [0, 0.05) is 19.2 Å². The second kappa shape index (κ2) is 8.80. The van der Waals surface area contributed by atoms with Crippen molar-refractivity contribution >= 4 is 12.2 Å². The summed E-state index contributed by atoms with van der Waals surface area (Å²) in [5, 5.41) is 4.79. The molecule has 0 aliphatic heterocycles. The fourth-order valence-corrected chi connectivity index (χ4v) is 3.59. The van der Waals surface area contributed by atoms with Gasteiger partial charge in [-0.15, -0.1) is 0 Å². The fraction of sp³-hybridized carbons (Fsp3) is 0.364. The molecule has 3 aromatic rings. The molecule has 0 aliphatic carbocycles. The molecular weight excluding hydrogens is 384 g/mol. The normalized spacial score (nSPS) is 11.1. The molecule has 0 N–H and O–H groups in total. The predicted octanol–water partition coefficient (Wildman–Crippen LogP) is 4.34. The van der Waals surface area contributed by atoms with Gasteiger partial charge in [-0.25, -0.2) is 4.68 Å². The quantitative estimate of drug-likeness (QED) is 0.540. The molecular formula is C22H28N4O2S. The number of hydrogen-bond acceptors (Lipinski definition) is 5. The van der Waals surface area contributed by atoms with Gasteiger partial charge in [0.15, 0.2) is 22.1 Å². The number of nitrogens with zero attached hydrogens (tertiary/aromatic N) is 4. The first-order valence-electron chi connectivity index (χ1n) is 9.45. The Bertz CT molecular complexity index is 1070. The van der Waals surface area contributed by atoms with Crippen LogP contribution in [0.1, 0.15) is 16.7 Å². The minimum Gasteiger partial charge on any atom is -0.493 e. The van der Waals surface area contributed by atoms with Gasteiger partial charge < -0.3 is 14.0 Å². The molecule has 0 unspecified atom stereocenters. The largest absolute Gasteiger partial charge is 0.493 e. The molecule has 0 saturated carbocycles. The molecule has 0 fully saturated rings. The summed E-state index contributed by atoms with van der Waals surface area (Å²) in [7, 11) is 7.32. The van der Waals surface area contributed by atoms with Gasteiger partial charge in [0.1, 0.15) is 0 Å². The van der Waals surface area contributed by atoms with Crippen LogP contribution in [-0.4, -0.2) is 40.5 Å².